The van der Waals surface area contributed by atoms with Crippen molar-refractivity contribution in [3.8, 4) is 0 Å². The van der Waals surface area contributed by atoms with Crippen molar-refractivity contribution in [1.29, 1.82) is 0 Å². The molecule has 1 unspecified atom stereocenters. The lowest BCUT2D eigenvalue weighted by atomic mass is 10.3. The Hall–Kier alpha value is -0.940. The molecule has 0 radical (unpaired) electrons. The van der Waals surface area contributed by atoms with Gasteiger partial charge in [0.05, 0.1) is 10.7 Å². The van der Waals surface area contributed by atoms with Gasteiger partial charge >= 0.3 is 0 Å². The Morgan fingerprint density at radius 2 is 2.47 bits per heavy atom. The van der Waals surface area contributed by atoms with Crippen LogP contribution in [-0.4, -0.2) is 34.9 Å². The molecule has 4 nitrogen and oxygen atoms in total. The van der Waals surface area contributed by atoms with Crippen LogP contribution in [0.3, 0.4) is 0 Å². The zero-order valence-corrected chi connectivity index (χ0v) is 11.2. The number of carbonyl (C=O) groups is 1. The van der Waals surface area contributed by atoms with Crippen molar-refractivity contribution >= 4 is 17.2 Å². The number of aromatic nitrogens is 1. The molecule has 0 aliphatic carbocycles. The zero-order chi connectivity index (χ0) is 12.3. The van der Waals surface area contributed by atoms with Crippen LogP contribution in [0.2, 0.25) is 0 Å². The topological polar surface area (TPSA) is 45.2 Å². The van der Waals surface area contributed by atoms with E-state index < -0.39 is 0 Å². The Kier molecular flexibility index (Phi) is 4.12. The van der Waals surface area contributed by atoms with Gasteiger partial charge in [0.25, 0.3) is 0 Å². The van der Waals surface area contributed by atoms with Gasteiger partial charge in [-0.1, -0.05) is 0 Å². The average molecular weight is 253 g/mol. The van der Waals surface area contributed by atoms with Gasteiger partial charge in [0.15, 0.2) is 0 Å². The molecule has 5 heteroatoms. The monoisotopic (exact) mass is 253 g/mol. The van der Waals surface area contributed by atoms with Crippen molar-refractivity contribution in [2.45, 2.75) is 39.3 Å². The molecule has 0 saturated carbocycles. The number of aryl methyl sites for hydroxylation is 1. The number of nitrogens with zero attached hydrogens (tertiary/aromatic N) is 2. The molecule has 0 spiro atoms. The third kappa shape index (κ3) is 3.51. The number of likely N-dealkylation sites (tertiary alicyclic amines) is 1. The fourth-order valence-electron chi connectivity index (χ4n) is 2.06. The zero-order valence-electron chi connectivity index (χ0n) is 10.4. The highest BCUT2D eigenvalue weighted by atomic mass is 32.1. The van der Waals surface area contributed by atoms with Crippen molar-refractivity contribution < 1.29 is 4.79 Å². The first kappa shape index (κ1) is 12.5. The first-order chi connectivity index (χ1) is 8.15. The number of hydrogen-bond donors (Lipinski definition) is 1. The molecule has 1 aromatic rings. The lowest BCUT2D eigenvalue weighted by molar-refractivity contribution is -0.127. The number of rotatable bonds is 5. The summed E-state index contributed by atoms with van der Waals surface area (Å²) in [5.74, 6) is 0.295. The number of carbonyl (C=O) groups excluding carboxylic acids is 1. The summed E-state index contributed by atoms with van der Waals surface area (Å²) in [7, 11) is 0. The van der Waals surface area contributed by atoms with Crippen molar-refractivity contribution in [2.75, 3.05) is 13.1 Å². The van der Waals surface area contributed by atoms with Gasteiger partial charge in [-0.25, -0.2) is 4.98 Å². The molecule has 0 bridgehead atoms. The van der Waals surface area contributed by atoms with E-state index in [2.05, 4.69) is 22.6 Å². The molecule has 1 amide bonds. The molecule has 1 fully saturated rings. The summed E-state index contributed by atoms with van der Waals surface area (Å²) >= 11 is 1.67. The van der Waals surface area contributed by atoms with Gasteiger partial charge in [0.1, 0.15) is 0 Å². The molecule has 2 rings (SSSR count). The van der Waals surface area contributed by atoms with Crippen LogP contribution in [0, 0.1) is 6.92 Å². The van der Waals surface area contributed by atoms with Crippen molar-refractivity contribution in [1.82, 2.24) is 15.2 Å². The van der Waals surface area contributed by atoms with E-state index in [1.54, 1.807) is 11.3 Å². The average Bonchev–Trinajstić information content (AvgIpc) is 2.86. The molecule has 1 N–H and O–H groups in total. The second kappa shape index (κ2) is 5.60. The number of hydrogen-bond acceptors (Lipinski definition) is 4. The van der Waals surface area contributed by atoms with Gasteiger partial charge in [-0.15, -0.1) is 11.3 Å². The van der Waals surface area contributed by atoms with Crippen LogP contribution in [0.15, 0.2) is 5.38 Å². The number of amides is 1. The van der Waals surface area contributed by atoms with Crippen LogP contribution in [0.4, 0.5) is 0 Å². The Balaban J connectivity index is 1.73. The van der Waals surface area contributed by atoms with E-state index in [1.165, 1.54) is 0 Å². The SMILES string of the molecule is Cc1nc(CNC(C)CN2CCCC2=O)cs1. The van der Waals surface area contributed by atoms with E-state index in [1.807, 2.05) is 11.8 Å². The van der Waals surface area contributed by atoms with E-state index in [0.717, 1.165) is 43.2 Å². The standard InChI is InChI=1S/C12H19N3OS/c1-9(7-15-5-3-4-12(15)16)13-6-11-8-17-10(2)14-11/h8-9,13H,3-7H2,1-2H3. The first-order valence-corrected chi connectivity index (χ1v) is 6.95. The van der Waals surface area contributed by atoms with Crippen LogP contribution in [0.5, 0.6) is 0 Å². The second-order valence-corrected chi connectivity index (χ2v) is 5.65. The van der Waals surface area contributed by atoms with E-state index in [-0.39, 0.29) is 0 Å². The molecule has 1 aliphatic rings. The minimum atomic E-state index is 0.295. The Morgan fingerprint density at radius 1 is 1.65 bits per heavy atom. The highest BCUT2D eigenvalue weighted by Crippen LogP contribution is 2.10. The molecule has 1 atom stereocenters. The summed E-state index contributed by atoms with van der Waals surface area (Å²) in [5, 5.41) is 6.59. The minimum absolute atomic E-state index is 0.295. The summed E-state index contributed by atoms with van der Waals surface area (Å²) in [5.41, 5.74) is 1.09. The van der Waals surface area contributed by atoms with E-state index >= 15 is 0 Å². The lowest BCUT2D eigenvalue weighted by Gasteiger charge is -2.21. The minimum Gasteiger partial charge on any atom is -0.341 e. The van der Waals surface area contributed by atoms with Gasteiger partial charge in [0.2, 0.25) is 5.91 Å². The molecular formula is C12H19N3OS. The van der Waals surface area contributed by atoms with Gasteiger partial charge in [0, 0.05) is 37.5 Å². The van der Waals surface area contributed by atoms with Gasteiger partial charge < -0.3 is 10.2 Å². The van der Waals surface area contributed by atoms with Gasteiger partial charge in [-0.05, 0) is 20.3 Å². The molecule has 1 aromatic heterocycles. The van der Waals surface area contributed by atoms with Crippen LogP contribution in [-0.2, 0) is 11.3 Å². The molecule has 1 saturated heterocycles. The van der Waals surface area contributed by atoms with Crippen LogP contribution in [0.1, 0.15) is 30.5 Å². The maximum Gasteiger partial charge on any atom is 0.222 e. The Labute approximate surface area is 106 Å². The smallest absolute Gasteiger partial charge is 0.222 e. The van der Waals surface area contributed by atoms with Crippen LogP contribution in [0.25, 0.3) is 0 Å². The largest absolute Gasteiger partial charge is 0.341 e. The number of thiazole rings is 1. The van der Waals surface area contributed by atoms with Crippen molar-refractivity contribution in [2.24, 2.45) is 0 Å². The third-order valence-corrected chi connectivity index (χ3v) is 3.79. The maximum atomic E-state index is 11.5. The summed E-state index contributed by atoms with van der Waals surface area (Å²) in [4.78, 5) is 17.8. The summed E-state index contributed by atoms with van der Waals surface area (Å²) in [6, 6.07) is 0.319. The highest BCUT2D eigenvalue weighted by Gasteiger charge is 2.21. The van der Waals surface area contributed by atoms with E-state index in [4.69, 9.17) is 0 Å². The quantitative estimate of drug-likeness (QED) is 0.866. The van der Waals surface area contributed by atoms with Crippen LogP contribution < -0.4 is 5.32 Å². The van der Waals surface area contributed by atoms with Crippen molar-refractivity contribution in [3.63, 3.8) is 0 Å². The molecule has 17 heavy (non-hydrogen) atoms. The molecule has 1 aliphatic heterocycles. The Bertz CT molecular complexity index is 391. The van der Waals surface area contributed by atoms with Gasteiger partial charge in [-0.2, -0.15) is 0 Å². The maximum absolute atomic E-state index is 11.5. The summed E-state index contributed by atoms with van der Waals surface area (Å²) < 4.78 is 0. The van der Waals surface area contributed by atoms with Gasteiger partial charge in [-0.3, -0.25) is 4.79 Å². The number of nitrogens with one attached hydrogen (secondary N) is 1. The summed E-state index contributed by atoms with van der Waals surface area (Å²) in [6.45, 7) is 6.64. The molecule has 94 valence electrons. The molecule has 0 aromatic carbocycles. The molecule has 2 heterocycles. The predicted octanol–water partition coefficient (Wildman–Crippen LogP) is 1.55. The fourth-order valence-corrected chi connectivity index (χ4v) is 2.67. The first-order valence-electron chi connectivity index (χ1n) is 6.07. The highest BCUT2D eigenvalue weighted by molar-refractivity contribution is 7.09. The third-order valence-electron chi connectivity index (χ3n) is 2.96. The van der Waals surface area contributed by atoms with E-state index in [9.17, 15) is 4.79 Å². The second-order valence-electron chi connectivity index (χ2n) is 4.58. The molecular weight excluding hydrogens is 234 g/mol. The Morgan fingerprint density at radius 3 is 3.06 bits per heavy atom. The predicted molar refractivity (Wildman–Crippen MR) is 69.0 cm³/mol. The van der Waals surface area contributed by atoms with Crippen LogP contribution >= 0.6 is 11.3 Å². The normalized spacial score (nSPS) is 17.8. The summed E-state index contributed by atoms with van der Waals surface area (Å²) in [6.07, 6.45) is 1.73. The fraction of sp³-hybridized carbons (Fsp3) is 0.667. The lowest BCUT2D eigenvalue weighted by Crippen LogP contribution is -2.39. The van der Waals surface area contributed by atoms with E-state index in [0.29, 0.717) is 11.9 Å². The van der Waals surface area contributed by atoms with Crippen molar-refractivity contribution in [3.05, 3.63) is 16.1 Å².